The lowest BCUT2D eigenvalue weighted by molar-refractivity contribution is 0.103. The summed E-state index contributed by atoms with van der Waals surface area (Å²) in [6.45, 7) is 3.84. The molecule has 0 amide bonds. The summed E-state index contributed by atoms with van der Waals surface area (Å²) in [6.07, 6.45) is -0.595. The van der Waals surface area contributed by atoms with Gasteiger partial charge in [-0.15, -0.1) is 0 Å². The second-order valence-corrected chi connectivity index (χ2v) is 4.25. The van der Waals surface area contributed by atoms with Crippen LogP contribution < -0.4 is 10.1 Å². The highest BCUT2D eigenvalue weighted by molar-refractivity contribution is 5.41. The standard InChI is InChI=1S/C14H20N2O3/c1-11-3-4-12(8-15)7-14(11)19-10-13(17)9-16-5-6-18-2/h3-4,7,13,16-17H,5-6,9-10H2,1-2H3. The lowest BCUT2D eigenvalue weighted by atomic mass is 10.1. The minimum atomic E-state index is -0.595. The molecule has 0 spiro atoms. The van der Waals surface area contributed by atoms with E-state index in [9.17, 15) is 5.11 Å². The van der Waals surface area contributed by atoms with Crippen LogP contribution in [0.4, 0.5) is 0 Å². The quantitative estimate of drug-likeness (QED) is 0.681. The van der Waals surface area contributed by atoms with Gasteiger partial charge >= 0.3 is 0 Å². The highest BCUT2D eigenvalue weighted by Gasteiger charge is 2.07. The Morgan fingerprint density at radius 1 is 1.47 bits per heavy atom. The number of aryl methyl sites for hydroxylation is 1. The van der Waals surface area contributed by atoms with Crippen LogP contribution in [0.15, 0.2) is 18.2 Å². The SMILES string of the molecule is COCCNCC(O)COc1cc(C#N)ccc1C. The van der Waals surface area contributed by atoms with Gasteiger partial charge in [0.1, 0.15) is 18.5 Å². The molecule has 5 heteroatoms. The Morgan fingerprint density at radius 3 is 2.95 bits per heavy atom. The Kier molecular flexibility index (Phi) is 6.90. The van der Waals surface area contributed by atoms with Gasteiger partial charge in [0.2, 0.25) is 0 Å². The number of hydrogen-bond acceptors (Lipinski definition) is 5. The van der Waals surface area contributed by atoms with E-state index in [1.165, 1.54) is 0 Å². The molecule has 104 valence electrons. The molecule has 1 atom stereocenters. The molecule has 0 saturated heterocycles. The van der Waals surface area contributed by atoms with Gasteiger partial charge in [0.05, 0.1) is 18.2 Å². The van der Waals surface area contributed by atoms with E-state index in [2.05, 4.69) is 11.4 Å². The fourth-order valence-corrected chi connectivity index (χ4v) is 1.51. The molecule has 0 bridgehead atoms. The molecule has 1 unspecified atom stereocenters. The Bertz CT molecular complexity index is 429. The van der Waals surface area contributed by atoms with E-state index in [1.54, 1.807) is 19.2 Å². The fourth-order valence-electron chi connectivity index (χ4n) is 1.51. The Morgan fingerprint density at radius 2 is 2.26 bits per heavy atom. The molecule has 2 N–H and O–H groups in total. The van der Waals surface area contributed by atoms with E-state index in [4.69, 9.17) is 14.7 Å². The van der Waals surface area contributed by atoms with Crippen LogP contribution >= 0.6 is 0 Å². The van der Waals surface area contributed by atoms with E-state index in [-0.39, 0.29) is 6.61 Å². The third-order valence-corrected chi connectivity index (χ3v) is 2.61. The molecule has 0 aromatic heterocycles. The van der Waals surface area contributed by atoms with Crippen molar-refractivity contribution in [3.63, 3.8) is 0 Å². The first-order valence-electron chi connectivity index (χ1n) is 6.18. The van der Waals surface area contributed by atoms with Crippen LogP contribution in [0.5, 0.6) is 5.75 Å². The van der Waals surface area contributed by atoms with Crippen molar-refractivity contribution in [1.82, 2.24) is 5.32 Å². The van der Waals surface area contributed by atoms with Gasteiger partial charge in [0.25, 0.3) is 0 Å². The minimum absolute atomic E-state index is 0.190. The van der Waals surface area contributed by atoms with Crippen molar-refractivity contribution < 1.29 is 14.6 Å². The van der Waals surface area contributed by atoms with Crippen LogP contribution in [0.1, 0.15) is 11.1 Å². The molecule has 0 fully saturated rings. The van der Waals surface area contributed by atoms with Gasteiger partial charge in [-0.2, -0.15) is 5.26 Å². The predicted molar refractivity (Wildman–Crippen MR) is 72.1 cm³/mol. The number of nitrogens with one attached hydrogen (secondary N) is 1. The number of nitrogens with zero attached hydrogens (tertiary/aromatic N) is 1. The Labute approximate surface area is 113 Å². The number of nitriles is 1. The van der Waals surface area contributed by atoms with Gasteiger partial charge in [0.15, 0.2) is 0 Å². The van der Waals surface area contributed by atoms with Crippen molar-refractivity contribution in [1.29, 1.82) is 5.26 Å². The zero-order chi connectivity index (χ0) is 14.1. The zero-order valence-electron chi connectivity index (χ0n) is 11.3. The number of hydrogen-bond donors (Lipinski definition) is 2. The van der Waals surface area contributed by atoms with Crippen molar-refractivity contribution in [3.05, 3.63) is 29.3 Å². The summed E-state index contributed by atoms with van der Waals surface area (Å²) in [4.78, 5) is 0. The van der Waals surface area contributed by atoms with Gasteiger partial charge < -0.3 is 19.9 Å². The maximum atomic E-state index is 9.73. The molecular formula is C14H20N2O3. The highest BCUT2D eigenvalue weighted by Crippen LogP contribution is 2.19. The van der Waals surface area contributed by atoms with E-state index < -0.39 is 6.10 Å². The van der Waals surface area contributed by atoms with Crippen molar-refractivity contribution in [2.45, 2.75) is 13.0 Å². The number of ether oxygens (including phenoxy) is 2. The molecule has 0 saturated carbocycles. The van der Waals surface area contributed by atoms with Gasteiger partial charge in [0, 0.05) is 20.2 Å². The zero-order valence-corrected chi connectivity index (χ0v) is 11.3. The summed E-state index contributed by atoms with van der Waals surface area (Å²) in [5, 5.41) is 21.6. The molecule has 5 nitrogen and oxygen atoms in total. The third kappa shape index (κ3) is 5.71. The largest absolute Gasteiger partial charge is 0.491 e. The highest BCUT2D eigenvalue weighted by atomic mass is 16.5. The lowest BCUT2D eigenvalue weighted by Gasteiger charge is -2.14. The maximum absolute atomic E-state index is 9.73. The van der Waals surface area contributed by atoms with Crippen LogP contribution in [0.3, 0.4) is 0 Å². The molecule has 1 aromatic rings. The molecule has 0 aliphatic rings. The molecule has 1 aromatic carbocycles. The first kappa shape index (κ1) is 15.4. The monoisotopic (exact) mass is 264 g/mol. The van der Waals surface area contributed by atoms with Crippen LogP contribution in [-0.2, 0) is 4.74 Å². The van der Waals surface area contributed by atoms with Crippen molar-refractivity contribution >= 4 is 0 Å². The topological polar surface area (TPSA) is 74.5 Å². The molecule has 0 heterocycles. The normalized spacial score (nSPS) is 11.9. The predicted octanol–water partition coefficient (Wildman–Crippen LogP) is 0.842. The molecule has 1 rings (SSSR count). The van der Waals surface area contributed by atoms with Crippen LogP contribution in [-0.4, -0.2) is 44.6 Å². The molecule has 0 radical (unpaired) electrons. The average Bonchev–Trinajstić information content (AvgIpc) is 2.43. The van der Waals surface area contributed by atoms with E-state index >= 15 is 0 Å². The number of methoxy groups -OCH3 is 1. The Hall–Kier alpha value is -1.61. The van der Waals surface area contributed by atoms with Gasteiger partial charge in [-0.05, 0) is 24.6 Å². The number of aliphatic hydroxyl groups excluding tert-OH is 1. The summed E-state index contributed by atoms with van der Waals surface area (Å²) in [6, 6.07) is 7.31. The van der Waals surface area contributed by atoms with Crippen LogP contribution in [0.2, 0.25) is 0 Å². The Balaban J connectivity index is 2.37. The van der Waals surface area contributed by atoms with Crippen LogP contribution in [0.25, 0.3) is 0 Å². The van der Waals surface area contributed by atoms with E-state index in [0.717, 1.165) is 5.56 Å². The van der Waals surface area contributed by atoms with Gasteiger partial charge in [-0.25, -0.2) is 0 Å². The smallest absolute Gasteiger partial charge is 0.123 e. The molecule has 19 heavy (non-hydrogen) atoms. The summed E-state index contributed by atoms with van der Waals surface area (Å²) in [5.74, 6) is 0.634. The summed E-state index contributed by atoms with van der Waals surface area (Å²) >= 11 is 0. The fraction of sp³-hybridized carbons (Fsp3) is 0.500. The summed E-state index contributed by atoms with van der Waals surface area (Å²) in [5.41, 5.74) is 1.49. The van der Waals surface area contributed by atoms with E-state index in [0.29, 0.717) is 31.0 Å². The number of benzene rings is 1. The molecular weight excluding hydrogens is 244 g/mol. The van der Waals surface area contributed by atoms with Crippen molar-refractivity contribution in [2.75, 3.05) is 33.4 Å². The third-order valence-electron chi connectivity index (χ3n) is 2.61. The van der Waals surface area contributed by atoms with Gasteiger partial charge in [-0.3, -0.25) is 0 Å². The van der Waals surface area contributed by atoms with E-state index in [1.807, 2.05) is 13.0 Å². The molecule has 0 aliphatic carbocycles. The molecule has 0 aliphatic heterocycles. The second-order valence-electron chi connectivity index (χ2n) is 4.25. The lowest BCUT2D eigenvalue weighted by Crippen LogP contribution is -2.33. The minimum Gasteiger partial charge on any atom is -0.491 e. The number of rotatable bonds is 8. The summed E-state index contributed by atoms with van der Waals surface area (Å²) < 4.78 is 10.4. The van der Waals surface area contributed by atoms with Crippen molar-refractivity contribution in [2.24, 2.45) is 0 Å². The first-order valence-corrected chi connectivity index (χ1v) is 6.18. The number of aliphatic hydroxyl groups is 1. The average molecular weight is 264 g/mol. The first-order chi connectivity index (χ1) is 9.17. The van der Waals surface area contributed by atoms with Crippen LogP contribution in [0, 0.1) is 18.3 Å². The maximum Gasteiger partial charge on any atom is 0.123 e. The summed E-state index contributed by atoms with van der Waals surface area (Å²) in [7, 11) is 1.63. The van der Waals surface area contributed by atoms with Crippen molar-refractivity contribution in [3.8, 4) is 11.8 Å². The second kappa shape index (κ2) is 8.48. The van der Waals surface area contributed by atoms with Gasteiger partial charge in [-0.1, -0.05) is 6.07 Å².